The fraction of sp³-hybridized carbons (Fsp3) is 0.333. The van der Waals surface area contributed by atoms with Crippen molar-refractivity contribution in [2.45, 2.75) is 19.5 Å². The Balaban J connectivity index is 1.51. The number of anilines is 1. The maximum Gasteiger partial charge on any atom is 0.324 e. The number of nitrogens with one attached hydrogen (secondary N) is 2. The molecule has 0 aliphatic heterocycles. The molecule has 9 nitrogen and oxygen atoms in total. The summed E-state index contributed by atoms with van der Waals surface area (Å²) in [5.41, 5.74) is 0.785. The Bertz CT molecular complexity index is 993. The Morgan fingerprint density at radius 2 is 2.09 bits per heavy atom. The smallest absolute Gasteiger partial charge is 0.324 e. The molecular formula is C21H25FN6O3S. The van der Waals surface area contributed by atoms with E-state index in [1.54, 1.807) is 31.8 Å². The topological polar surface area (TPSA) is 101 Å². The molecule has 3 rings (SSSR count). The van der Waals surface area contributed by atoms with Gasteiger partial charge in [-0.15, -0.1) is 0 Å². The summed E-state index contributed by atoms with van der Waals surface area (Å²) in [5, 5.41) is 5.88. The highest BCUT2D eigenvalue weighted by molar-refractivity contribution is 7.17. The summed E-state index contributed by atoms with van der Waals surface area (Å²) in [7, 11) is 1.55. The molecule has 0 atom stereocenters. The second-order valence-electron chi connectivity index (χ2n) is 6.91. The van der Waals surface area contributed by atoms with Crippen LogP contribution in [0.4, 0.5) is 14.3 Å². The van der Waals surface area contributed by atoms with Crippen LogP contribution in [0.3, 0.4) is 0 Å². The number of halogens is 1. The quantitative estimate of drug-likeness (QED) is 0.429. The number of carbonyl (C=O) groups excluding carboxylic acids is 2. The van der Waals surface area contributed by atoms with Gasteiger partial charge >= 0.3 is 6.03 Å². The zero-order chi connectivity index (χ0) is 22.8. The lowest BCUT2D eigenvalue weighted by Gasteiger charge is -2.22. The van der Waals surface area contributed by atoms with Crippen LogP contribution in [0.2, 0.25) is 0 Å². The number of rotatable bonds is 11. The number of thiazole rings is 1. The molecule has 170 valence electrons. The number of aryl methyl sites for hydroxylation is 1. The minimum Gasteiger partial charge on any atom is -0.383 e. The Hall–Kier alpha value is -3.31. The summed E-state index contributed by atoms with van der Waals surface area (Å²) < 4.78 is 20.2. The van der Waals surface area contributed by atoms with Crippen LogP contribution in [0.15, 0.2) is 49.2 Å². The van der Waals surface area contributed by atoms with Gasteiger partial charge in [-0.25, -0.2) is 19.2 Å². The van der Waals surface area contributed by atoms with Crippen LogP contribution < -0.4 is 10.6 Å². The number of urea groups is 1. The molecule has 2 heterocycles. The third kappa shape index (κ3) is 7.13. The van der Waals surface area contributed by atoms with E-state index in [1.807, 2.05) is 10.8 Å². The third-order valence-corrected chi connectivity index (χ3v) is 5.43. The average molecular weight is 461 g/mol. The standard InChI is InChI=1S/C21H25FN6O3S/c1-31-12-11-28(14-16-3-5-17(22)6-4-16)21(30)26-20-25-13-18(32-20)19(29)24-7-2-9-27-10-8-23-15-27/h3-6,8,10,13,15H,2,7,9,11-12,14H2,1H3,(H,24,29)(H,25,26,30). The van der Waals surface area contributed by atoms with E-state index >= 15 is 0 Å². The molecule has 0 bridgehead atoms. The van der Waals surface area contributed by atoms with Gasteiger partial charge in [0.25, 0.3) is 5.91 Å². The number of nitrogens with zero attached hydrogens (tertiary/aromatic N) is 4. The molecule has 0 spiro atoms. The van der Waals surface area contributed by atoms with Gasteiger partial charge in [0.2, 0.25) is 0 Å². The predicted molar refractivity (Wildman–Crippen MR) is 119 cm³/mol. The molecule has 0 saturated heterocycles. The van der Waals surface area contributed by atoms with Crippen molar-refractivity contribution in [1.29, 1.82) is 0 Å². The summed E-state index contributed by atoms with van der Waals surface area (Å²) in [5.74, 6) is -0.576. The molecular weight excluding hydrogens is 435 g/mol. The van der Waals surface area contributed by atoms with Crippen LogP contribution in [0.25, 0.3) is 0 Å². The Morgan fingerprint density at radius 1 is 1.28 bits per heavy atom. The van der Waals surface area contributed by atoms with Crippen molar-refractivity contribution >= 4 is 28.4 Å². The van der Waals surface area contributed by atoms with Gasteiger partial charge in [-0.05, 0) is 24.1 Å². The maximum atomic E-state index is 13.1. The molecule has 32 heavy (non-hydrogen) atoms. The monoisotopic (exact) mass is 460 g/mol. The summed E-state index contributed by atoms with van der Waals surface area (Å²) >= 11 is 1.10. The minimum atomic E-state index is -0.381. The molecule has 0 aliphatic carbocycles. The maximum absolute atomic E-state index is 13.1. The normalized spacial score (nSPS) is 10.7. The lowest BCUT2D eigenvalue weighted by molar-refractivity contribution is 0.0956. The Labute approximate surface area is 189 Å². The van der Waals surface area contributed by atoms with Gasteiger partial charge in [0.05, 0.1) is 19.1 Å². The van der Waals surface area contributed by atoms with Crippen molar-refractivity contribution in [1.82, 2.24) is 24.8 Å². The predicted octanol–water partition coefficient (Wildman–Crippen LogP) is 2.98. The van der Waals surface area contributed by atoms with E-state index in [9.17, 15) is 14.0 Å². The highest BCUT2D eigenvalue weighted by Crippen LogP contribution is 2.19. The van der Waals surface area contributed by atoms with Gasteiger partial charge < -0.3 is 19.5 Å². The second-order valence-corrected chi connectivity index (χ2v) is 7.94. The highest BCUT2D eigenvalue weighted by Gasteiger charge is 2.17. The number of carbonyl (C=O) groups is 2. The van der Waals surface area contributed by atoms with E-state index in [4.69, 9.17) is 4.74 Å². The van der Waals surface area contributed by atoms with Crippen molar-refractivity contribution in [3.8, 4) is 0 Å². The number of ether oxygens (including phenoxy) is 1. The van der Waals surface area contributed by atoms with Gasteiger partial charge in [-0.3, -0.25) is 10.1 Å². The van der Waals surface area contributed by atoms with Crippen LogP contribution in [0.5, 0.6) is 0 Å². The molecule has 3 aromatic rings. The molecule has 11 heteroatoms. The lowest BCUT2D eigenvalue weighted by Crippen LogP contribution is -2.36. The first-order valence-corrected chi connectivity index (χ1v) is 10.9. The first-order chi connectivity index (χ1) is 15.5. The zero-order valence-corrected chi connectivity index (χ0v) is 18.5. The van der Waals surface area contributed by atoms with E-state index in [0.717, 1.165) is 29.9 Å². The van der Waals surface area contributed by atoms with E-state index < -0.39 is 0 Å². The van der Waals surface area contributed by atoms with Gasteiger partial charge in [0.15, 0.2) is 5.13 Å². The lowest BCUT2D eigenvalue weighted by atomic mass is 10.2. The zero-order valence-electron chi connectivity index (χ0n) is 17.7. The van der Waals surface area contributed by atoms with Crippen LogP contribution in [0.1, 0.15) is 21.7 Å². The van der Waals surface area contributed by atoms with E-state index in [2.05, 4.69) is 20.6 Å². The van der Waals surface area contributed by atoms with Crippen molar-refractivity contribution in [3.63, 3.8) is 0 Å². The SMILES string of the molecule is COCCN(Cc1ccc(F)cc1)C(=O)Nc1ncc(C(=O)NCCCn2ccnc2)s1. The summed E-state index contributed by atoms with van der Waals surface area (Å²) in [6, 6.07) is 5.57. The molecule has 1 aromatic carbocycles. The van der Waals surface area contributed by atoms with Gasteiger partial charge in [0.1, 0.15) is 10.7 Å². The molecule has 0 unspecified atom stereocenters. The van der Waals surface area contributed by atoms with Crippen molar-refractivity contribution < 1.29 is 18.7 Å². The molecule has 2 N–H and O–H groups in total. The van der Waals surface area contributed by atoms with Gasteiger partial charge in [-0.1, -0.05) is 23.5 Å². The highest BCUT2D eigenvalue weighted by atomic mass is 32.1. The number of benzene rings is 1. The Kier molecular flexibility index (Phi) is 8.70. The fourth-order valence-electron chi connectivity index (χ4n) is 2.84. The molecule has 0 aliphatic rings. The molecule has 0 radical (unpaired) electrons. The first-order valence-electron chi connectivity index (χ1n) is 10.0. The van der Waals surface area contributed by atoms with Gasteiger partial charge in [0, 0.05) is 45.7 Å². The second kappa shape index (κ2) is 11.9. The molecule has 0 fully saturated rings. The largest absolute Gasteiger partial charge is 0.383 e. The van der Waals surface area contributed by atoms with Crippen molar-refractivity contribution in [2.75, 3.05) is 32.1 Å². The Morgan fingerprint density at radius 3 is 2.81 bits per heavy atom. The summed E-state index contributed by atoms with van der Waals surface area (Å²) in [6.07, 6.45) is 7.51. The van der Waals surface area contributed by atoms with Crippen LogP contribution in [-0.2, 0) is 17.8 Å². The van der Waals surface area contributed by atoms with Crippen LogP contribution in [-0.4, -0.2) is 58.2 Å². The summed E-state index contributed by atoms with van der Waals surface area (Å²) in [4.78, 5) is 35.1. The first kappa shape index (κ1) is 23.4. The van der Waals surface area contributed by atoms with Gasteiger partial charge in [-0.2, -0.15) is 0 Å². The molecule has 2 aromatic heterocycles. The number of hydrogen-bond acceptors (Lipinski definition) is 6. The van der Waals surface area contributed by atoms with E-state index in [0.29, 0.717) is 29.7 Å². The number of imidazole rings is 1. The van der Waals surface area contributed by atoms with Crippen molar-refractivity contribution in [3.05, 3.63) is 65.4 Å². The van der Waals surface area contributed by atoms with Crippen LogP contribution >= 0.6 is 11.3 Å². The fourth-order valence-corrected chi connectivity index (χ4v) is 3.56. The number of aromatic nitrogens is 3. The number of hydrogen-bond donors (Lipinski definition) is 2. The third-order valence-electron chi connectivity index (χ3n) is 4.52. The molecule has 0 saturated carbocycles. The molecule has 3 amide bonds. The van der Waals surface area contributed by atoms with Crippen molar-refractivity contribution in [2.24, 2.45) is 0 Å². The van der Waals surface area contributed by atoms with E-state index in [1.165, 1.54) is 23.2 Å². The van der Waals surface area contributed by atoms with E-state index in [-0.39, 0.29) is 24.3 Å². The minimum absolute atomic E-state index is 0.240. The summed E-state index contributed by atoms with van der Waals surface area (Å²) in [6.45, 7) is 2.24. The number of methoxy groups -OCH3 is 1. The number of amides is 3. The van der Waals surface area contributed by atoms with Crippen LogP contribution in [0, 0.1) is 5.82 Å². The average Bonchev–Trinajstić information content (AvgIpc) is 3.47.